The minimum Gasteiger partial charge on any atom is -0.507 e. The van der Waals surface area contributed by atoms with Crippen molar-refractivity contribution in [2.45, 2.75) is 64.7 Å². The lowest BCUT2D eigenvalue weighted by Gasteiger charge is -2.30. The van der Waals surface area contributed by atoms with Crippen molar-refractivity contribution >= 4 is 0 Å². The van der Waals surface area contributed by atoms with Crippen molar-refractivity contribution in [3.63, 3.8) is 0 Å². The quantitative estimate of drug-likeness (QED) is 0.613. The van der Waals surface area contributed by atoms with Crippen molar-refractivity contribution in [3.8, 4) is 5.75 Å². The van der Waals surface area contributed by atoms with Crippen LogP contribution in [0, 0.1) is 0 Å². The van der Waals surface area contributed by atoms with Crippen LogP contribution in [0.2, 0.25) is 0 Å². The summed E-state index contributed by atoms with van der Waals surface area (Å²) >= 11 is 0. The zero-order valence-electron chi connectivity index (χ0n) is 19.4. The van der Waals surface area contributed by atoms with E-state index in [-0.39, 0.29) is 5.75 Å². The minimum absolute atomic E-state index is 0.160. The molecule has 2 rings (SSSR count). The van der Waals surface area contributed by atoms with Crippen molar-refractivity contribution < 1.29 is 5.11 Å². The fourth-order valence-electron chi connectivity index (χ4n) is 2.94. The molecule has 5 nitrogen and oxygen atoms in total. The molecule has 0 aliphatic rings. The van der Waals surface area contributed by atoms with Crippen molar-refractivity contribution in [2.24, 2.45) is 17.2 Å². The molecule has 0 amide bonds. The van der Waals surface area contributed by atoms with Gasteiger partial charge in [0.15, 0.2) is 0 Å². The summed E-state index contributed by atoms with van der Waals surface area (Å²) in [5.41, 5.74) is 20.2. The molecule has 0 saturated heterocycles. The molecular formula is C24H40N4O. The first kappa shape index (κ1) is 25.1. The van der Waals surface area contributed by atoms with Crippen LogP contribution in [0.25, 0.3) is 0 Å². The largest absolute Gasteiger partial charge is 0.507 e. The maximum atomic E-state index is 10.4. The Balaban J connectivity index is 0.000000352. The van der Waals surface area contributed by atoms with Crippen LogP contribution < -0.4 is 17.2 Å². The Bertz CT molecular complexity index is 744. The average molecular weight is 401 g/mol. The molecule has 0 atom stereocenters. The van der Waals surface area contributed by atoms with E-state index in [0.29, 0.717) is 11.1 Å². The summed E-state index contributed by atoms with van der Waals surface area (Å²) in [5, 5.41) is 10.4. The molecule has 7 N–H and O–H groups in total. The van der Waals surface area contributed by atoms with Crippen molar-refractivity contribution in [2.75, 3.05) is 14.1 Å². The monoisotopic (exact) mass is 400 g/mol. The Hall–Kier alpha value is -1.92. The Morgan fingerprint density at radius 3 is 1.48 bits per heavy atom. The number of benzene rings is 2. The number of phenolic OH excluding ortho intramolecular Hbond substituents is 1. The molecule has 0 saturated carbocycles. The number of nitrogens with two attached hydrogens (primary N) is 3. The molecule has 0 spiro atoms. The summed E-state index contributed by atoms with van der Waals surface area (Å²) in [5.74, 6) is 0.160. The smallest absolute Gasteiger partial charge is 0.125 e. The predicted molar refractivity (Wildman–Crippen MR) is 124 cm³/mol. The molecule has 0 heterocycles. The van der Waals surface area contributed by atoms with Crippen LogP contribution in [0.4, 0.5) is 0 Å². The Labute approximate surface area is 176 Å². The first-order chi connectivity index (χ1) is 13.0. The lowest BCUT2D eigenvalue weighted by atomic mass is 9.81. The third-order valence-corrected chi connectivity index (χ3v) is 4.58. The van der Waals surface area contributed by atoms with Crippen LogP contribution in [0.3, 0.4) is 0 Å². The maximum absolute atomic E-state index is 10.4. The summed E-state index contributed by atoms with van der Waals surface area (Å²) in [6, 6.07) is 14.2. The second-order valence-corrected chi connectivity index (χ2v) is 9.81. The molecule has 0 aliphatic carbocycles. The second-order valence-electron chi connectivity index (χ2n) is 9.81. The molecule has 5 heteroatoms. The number of aromatic hydroxyl groups is 1. The van der Waals surface area contributed by atoms with E-state index in [4.69, 9.17) is 17.2 Å². The zero-order valence-corrected chi connectivity index (χ0v) is 19.4. The summed E-state index contributed by atoms with van der Waals surface area (Å²) in [7, 11) is 4.15. The van der Waals surface area contributed by atoms with E-state index in [1.54, 1.807) is 0 Å². The third kappa shape index (κ3) is 7.78. The van der Waals surface area contributed by atoms with Crippen molar-refractivity contribution in [1.29, 1.82) is 0 Å². The maximum Gasteiger partial charge on any atom is 0.125 e. The fourth-order valence-corrected chi connectivity index (χ4v) is 2.94. The minimum atomic E-state index is -0.661. The van der Waals surface area contributed by atoms with Gasteiger partial charge < -0.3 is 27.2 Å². The fraction of sp³-hybridized carbons (Fsp3) is 0.500. The van der Waals surface area contributed by atoms with Gasteiger partial charge in [-0.2, -0.15) is 0 Å². The van der Waals surface area contributed by atoms with Gasteiger partial charge in [0.1, 0.15) is 5.75 Å². The summed E-state index contributed by atoms with van der Waals surface area (Å²) in [4.78, 5) is 2.16. The highest BCUT2D eigenvalue weighted by molar-refractivity contribution is 5.50. The summed E-state index contributed by atoms with van der Waals surface area (Å²) in [6.07, 6.45) is 0. The van der Waals surface area contributed by atoms with Gasteiger partial charge in [-0.1, -0.05) is 30.3 Å². The molecule has 2 aromatic rings. The molecule has 0 fully saturated rings. The molecule has 0 unspecified atom stereocenters. The standard InChI is InChI=1S/C15H27N3O.C9H13N/c1-13(2,16)9-7-10(14(3,4)17)12(19)11(8-9)15(5,6)18;1-10(2)8-9-6-4-3-5-7-9/h7-8,19H,16-18H2,1-6H3;3-7H,8H2,1-2H3. The number of nitrogens with zero attached hydrogens (tertiary/aromatic N) is 1. The summed E-state index contributed by atoms with van der Waals surface area (Å²) < 4.78 is 0. The highest BCUT2D eigenvalue weighted by atomic mass is 16.3. The normalized spacial score (nSPS) is 12.6. The predicted octanol–water partition coefficient (Wildman–Crippen LogP) is 3.72. The van der Waals surface area contributed by atoms with Gasteiger partial charge in [-0.15, -0.1) is 0 Å². The van der Waals surface area contributed by atoms with E-state index in [1.807, 2.05) is 59.7 Å². The third-order valence-electron chi connectivity index (χ3n) is 4.58. The van der Waals surface area contributed by atoms with E-state index in [1.165, 1.54) is 5.56 Å². The van der Waals surface area contributed by atoms with Gasteiger partial charge in [0.05, 0.1) is 0 Å². The first-order valence-corrected chi connectivity index (χ1v) is 9.97. The van der Waals surface area contributed by atoms with Gasteiger partial charge >= 0.3 is 0 Å². The Kier molecular flexibility index (Phi) is 8.02. The molecular weight excluding hydrogens is 360 g/mol. The number of hydrogen-bond acceptors (Lipinski definition) is 5. The SMILES string of the molecule is CC(C)(N)c1cc(C(C)(C)N)c(O)c(C(C)(C)N)c1.CN(C)Cc1ccccc1. The van der Waals surface area contributed by atoms with Gasteiger partial charge in [-0.05, 0) is 78.9 Å². The van der Waals surface area contributed by atoms with Gasteiger partial charge in [-0.25, -0.2) is 0 Å². The Morgan fingerprint density at radius 2 is 1.17 bits per heavy atom. The van der Waals surface area contributed by atoms with E-state index < -0.39 is 16.6 Å². The van der Waals surface area contributed by atoms with E-state index in [0.717, 1.165) is 12.1 Å². The average Bonchev–Trinajstić information content (AvgIpc) is 2.52. The lowest BCUT2D eigenvalue weighted by molar-refractivity contribution is 0.402. The number of hydrogen-bond donors (Lipinski definition) is 4. The van der Waals surface area contributed by atoms with Crippen LogP contribution in [-0.4, -0.2) is 24.1 Å². The van der Waals surface area contributed by atoms with Crippen LogP contribution in [-0.2, 0) is 23.2 Å². The molecule has 0 aromatic heterocycles. The molecule has 0 aliphatic heterocycles. The van der Waals surface area contributed by atoms with E-state index in [9.17, 15) is 5.11 Å². The number of rotatable bonds is 5. The highest BCUT2D eigenvalue weighted by Gasteiger charge is 2.29. The topological polar surface area (TPSA) is 102 Å². The highest BCUT2D eigenvalue weighted by Crippen LogP contribution is 2.38. The van der Waals surface area contributed by atoms with Crippen LogP contribution in [0.1, 0.15) is 63.8 Å². The van der Waals surface area contributed by atoms with Crippen LogP contribution in [0.5, 0.6) is 5.75 Å². The molecule has 29 heavy (non-hydrogen) atoms. The van der Waals surface area contributed by atoms with Crippen LogP contribution >= 0.6 is 0 Å². The van der Waals surface area contributed by atoms with Gasteiger partial charge in [-0.3, -0.25) is 0 Å². The molecule has 0 bridgehead atoms. The van der Waals surface area contributed by atoms with Gasteiger partial charge in [0.25, 0.3) is 0 Å². The van der Waals surface area contributed by atoms with E-state index in [2.05, 4.69) is 43.3 Å². The van der Waals surface area contributed by atoms with Gasteiger partial charge in [0.2, 0.25) is 0 Å². The van der Waals surface area contributed by atoms with Gasteiger partial charge in [0, 0.05) is 34.3 Å². The molecule has 0 radical (unpaired) electrons. The van der Waals surface area contributed by atoms with Crippen molar-refractivity contribution in [3.05, 3.63) is 64.7 Å². The second kappa shape index (κ2) is 9.26. The van der Waals surface area contributed by atoms with Crippen molar-refractivity contribution in [1.82, 2.24) is 4.90 Å². The Morgan fingerprint density at radius 1 is 0.759 bits per heavy atom. The summed E-state index contributed by atoms with van der Waals surface area (Å²) in [6.45, 7) is 12.3. The molecule has 162 valence electrons. The molecule has 2 aromatic carbocycles. The lowest BCUT2D eigenvalue weighted by Crippen LogP contribution is -2.35. The number of phenols is 1. The first-order valence-electron chi connectivity index (χ1n) is 9.97. The van der Waals surface area contributed by atoms with Crippen LogP contribution in [0.15, 0.2) is 42.5 Å². The van der Waals surface area contributed by atoms with E-state index >= 15 is 0 Å². The zero-order chi connectivity index (χ0) is 22.6.